The van der Waals surface area contributed by atoms with Crippen LogP contribution in [0.4, 0.5) is 19.1 Å². The van der Waals surface area contributed by atoms with E-state index in [0.717, 1.165) is 4.70 Å². The van der Waals surface area contributed by atoms with Crippen LogP contribution < -0.4 is 5.73 Å². The van der Waals surface area contributed by atoms with Gasteiger partial charge < -0.3 is 10.8 Å². The van der Waals surface area contributed by atoms with Crippen molar-refractivity contribution in [1.82, 2.24) is 9.97 Å². The Morgan fingerprint density at radius 3 is 2.60 bits per heavy atom. The quantitative estimate of drug-likeness (QED) is 0.736. The maximum Gasteiger partial charge on any atom is 0.379 e. The fraction of sp³-hybridized carbons (Fsp3) is 0.143. The molecule has 82 valence electrons. The molecule has 2 aromatic heterocycles. The Labute approximate surface area is 86.2 Å². The van der Waals surface area contributed by atoms with Crippen molar-refractivity contribution in [2.75, 3.05) is 5.73 Å². The molecule has 0 atom stereocenters. The number of nitrogen functional groups attached to an aromatic ring is 1. The second-order valence-corrected chi connectivity index (χ2v) is 3.22. The number of thiophene rings is 1. The Morgan fingerprint density at radius 2 is 2.00 bits per heavy atom. The van der Waals surface area contributed by atoms with Crippen molar-refractivity contribution >= 4 is 27.5 Å². The van der Waals surface area contributed by atoms with Crippen molar-refractivity contribution in [1.29, 1.82) is 0 Å². The van der Waals surface area contributed by atoms with Crippen LogP contribution in [0.1, 0.15) is 0 Å². The van der Waals surface area contributed by atoms with E-state index >= 15 is 0 Å². The molecule has 2 aromatic rings. The molecule has 8 heteroatoms. The lowest BCUT2D eigenvalue weighted by Gasteiger charge is -1.90. The third-order valence-corrected chi connectivity index (χ3v) is 2.21. The lowest BCUT2D eigenvalue weighted by atomic mass is 10.4. The zero-order valence-corrected chi connectivity index (χ0v) is 8.01. The smallest absolute Gasteiger partial charge is 0.379 e. The number of anilines is 1. The first-order valence-electron chi connectivity index (χ1n) is 3.61. The number of halogens is 3. The number of alkyl halides is 3. The Morgan fingerprint density at radius 1 is 1.40 bits per heavy atom. The normalized spacial score (nSPS) is 10.1. The number of nitrogens with zero attached hydrogens (tertiary/aromatic N) is 2. The molecule has 3 N–H and O–H groups in total. The largest absolute Gasteiger partial charge is 0.505 e. The Kier molecular flexibility index (Phi) is 3.67. The van der Waals surface area contributed by atoms with Gasteiger partial charge in [-0.05, 0) is 0 Å². The molecule has 2 rings (SSSR count). The number of hydrogen-bond donors (Lipinski definition) is 2. The van der Waals surface area contributed by atoms with E-state index in [9.17, 15) is 18.3 Å². The fourth-order valence-electron chi connectivity index (χ4n) is 0.829. The fourth-order valence-corrected chi connectivity index (χ4v) is 1.55. The predicted molar refractivity (Wildman–Crippen MR) is 50.6 cm³/mol. The molecule has 0 radical (unpaired) electrons. The maximum absolute atomic E-state index is 9.67. The molecular formula is C7H6F3N3OS. The van der Waals surface area contributed by atoms with Crippen molar-refractivity contribution in [2.45, 2.75) is 6.68 Å². The minimum absolute atomic E-state index is 0.166. The van der Waals surface area contributed by atoms with Gasteiger partial charge in [-0.25, -0.2) is 9.97 Å². The van der Waals surface area contributed by atoms with Crippen molar-refractivity contribution in [3.05, 3.63) is 11.6 Å². The molecule has 0 saturated carbocycles. The van der Waals surface area contributed by atoms with Gasteiger partial charge in [0.25, 0.3) is 0 Å². The molecule has 0 aliphatic carbocycles. The van der Waals surface area contributed by atoms with Crippen molar-refractivity contribution < 1.29 is 18.3 Å². The summed E-state index contributed by atoms with van der Waals surface area (Å²) in [6.45, 7) is -3.67. The average Bonchev–Trinajstić information content (AvgIpc) is 2.47. The Bertz CT molecular complexity index is 445. The summed E-state index contributed by atoms with van der Waals surface area (Å²) in [6, 6.07) is 0. The first kappa shape index (κ1) is 11.5. The standard InChI is InChI=1S/C6H5N3OS.CHF3/c7-6-8-1-4-5(9-6)3(10)2-11-4;2-1(3)4/h1-2,10H,(H2,7,8,9);1H. The SMILES string of the molecule is FC(F)F.Nc1ncc2scc(O)c2n1. The number of rotatable bonds is 0. The summed E-state index contributed by atoms with van der Waals surface area (Å²) in [5.41, 5.74) is 5.85. The molecule has 0 saturated heterocycles. The summed E-state index contributed by atoms with van der Waals surface area (Å²) in [7, 11) is 0. The van der Waals surface area contributed by atoms with Gasteiger partial charge in [-0.2, -0.15) is 13.2 Å². The summed E-state index contributed by atoms with van der Waals surface area (Å²) >= 11 is 1.39. The van der Waals surface area contributed by atoms with Gasteiger partial charge in [0, 0.05) is 5.38 Å². The van der Waals surface area contributed by atoms with Gasteiger partial charge in [0.1, 0.15) is 5.52 Å². The van der Waals surface area contributed by atoms with Crippen LogP contribution in [-0.2, 0) is 0 Å². The van der Waals surface area contributed by atoms with Crippen LogP contribution in [-0.4, -0.2) is 21.8 Å². The molecule has 0 aliphatic rings. The number of aromatic hydroxyl groups is 1. The highest BCUT2D eigenvalue weighted by atomic mass is 32.1. The van der Waals surface area contributed by atoms with Crippen LogP contribution in [0.25, 0.3) is 10.2 Å². The van der Waals surface area contributed by atoms with E-state index in [4.69, 9.17) is 5.73 Å². The lowest BCUT2D eigenvalue weighted by molar-refractivity contribution is 0.00819. The van der Waals surface area contributed by atoms with E-state index in [2.05, 4.69) is 9.97 Å². The van der Waals surface area contributed by atoms with Gasteiger partial charge in [-0.15, -0.1) is 11.3 Å². The highest BCUT2D eigenvalue weighted by Crippen LogP contribution is 2.28. The molecular weight excluding hydrogens is 231 g/mol. The number of nitrogens with two attached hydrogens (primary N) is 1. The van der Waals surface area contributed by atoms with Crippen LogP contribution in [0.5, 0.6) is 5.75 Å². The monoisotopic (exact) mass is 237 g/mol. The zero-order valence-electron chi connectivity index (χ0n) is 7.19. The van der Waals surface area contributed by atoms with Gasteiger partial charge in [-0.3, -0.25) is 0 Å². The molecule has 0 spiro atoms. The lowest BCUT2D eigenvalue weighted by Crippen LogP contribution is -1.92. The topological polar surface area (TPSA) is 72.0 Å². The highest BCUT2D eigenvalue weighted by Gasteiger charge is 2.03. The van der Waals surface area contributed by atoms with Crippen LogP contribution >= 0.6 is 11.3 Å². The molecule has 0 unspecified atom stereocenters. The number of hydrogen-bond acceptors (Lipinski definition) is 5. The minimum atomic E-state index is -3.67. The summed E-state index contributed by atoms with van der Waals surface area (Å²) in [5.74, 6) is 0.352. The molecule has 0 aromatic carbocycles. The summed E-state index contributed by atoms with van der Waals surface area (Å²) < 4.78 is 29.8. The van der Waals surface area contributed by atoms with Gasteiger partial charge in [-0.1, -0.05) is 0 Å². The zero-order chi connectivity index (χ0) is 11.4. The van der Waals surface area contributed by atoms with Gasteiger partial charge in [0.15, 0.2) is 5.75 Å². The molecule has 0 bridgehead atoms. The number of aromatic nitrogens is 2. The maximum atomic E-state index is 9.67. The van der Waals surface area contributed by atoms with E-state index in [1.54, 1.807) is 11.6 Å². The van der Waals surface area contributed by atoms with Gasteiger partial charge >= 0.3 is 6.68 Å². The Balaban J connectivity index is 0.000000245. The van der Waals surface area contributed by atoms with E-state index in [0.29, 0.717) is 5.52 Å². The third-order valence-electron chi connectivity index (χ3n) is 1.31. The van der Waals surface area contributed by atoms with Crippen LogP contribution in [0.3, 0.4) is 0 Å². The van der Waals surface area contributed by atoms with E-state index in [1.807, 2.05) is 0 Å². The van der Waals surface area contributed by atoms with Crippen LogP contribution in [0, 0.1) is 0 Å². The van der Waals surface area contributed by atoms with Crippen molar-refractivity contribution in [3.63, 3.8) is 0 Å². The van der Waals surface area contributed by atoms with Crippen LogP contribution in [0.15, 0.2) is 11.6 Å². The van der Waals surface area contributed by atoms with E-state index in [-0.39, 0.29) is 11.7 Å². The number of fused-ring (bicyclic) bond motifs is 1. The summed E-state index contributed by atoms with van der Waals surface area (Å²) in [5, 5.41) is 10.8. The minimum Gasteiger partial charge on any atom is -0.505 e. The van der Waals surface area contributed by atoms with Crippen molar-refractivity contribution in [2.24, 2.45) is 0 Å². The van der Waals surface area contributed by atoms with Crippen LogP contribution in [0.2, 0.25) is 0 Å². The average molecular weight is 237 g/mol. The summed E-state index contributed by atoms with van der Waals surface area (Å²) in [6.07, 6.45) is 1.60. The molecule has 4 nitrogen and oxygen atoms in total. The first-order valence-corrected chi connectivity index (χ1v) is 4.49. The highest BCUT2D eigenvalue weighted by molar-refractivity contribution is 7.17. The predicted octanol–water partition coefficient (Wildman–Crippen LogP) is 2.16. The van der Waals surface area contributed by atoms with Crippen molar-refractivity contribution in [3.8, 4) is 5.75 Å². The van der Waals surface area contributed by atoms with Gasteiger partial charge in [0.05, 0.1) is 10.9 Å². The van der Waals surface area contributed by atoms with E-state index in [1.165, 1.54) is 11.3 Å². The van der Waals surface area contributed by atoms with E-state index < -0.39 is 6.68 Å². The second-order valence-electron chi connectivity index (χ2n) is 2.31. The molecule has 0 aliphatic heterocycles. The third kappa shape index (κ3) is 3.24. The van der Waals surface area contributed by atoms with Gasteiger partial charge in [0.2, 0.25) is 5.95 Å². The summed E-state index contributed by atoms with van der Waals surface area (Å²) in [4.78, 5) is 7.65. The second kappa shape index (κ2) is 4.78. The molecule has 0 fully saturated rings. The molecule has 2 heterocycles. The molecule has 0 amide bonds. The molecule has 15 heavy (non-hydrogen) atoms. The Hall–Kier alpha value is -1.57. The first-order chi connectivity index (χ1) is 7.00.